The van der Waals surface area contributed by atoms with Gasteiger partial charge in [-0.3, -0.25) is 4.79 Å². The number of para-hydroxylation sites is 2. The molecule has 3 aromatic rings. The SMILES string of the molecule is CC(c1cccc(S(N)(=O)=O)c1)N(C)C(=O)Cn1c(SC(F)F)nc2ccccc21. The van der Waals surface area contributed by atoms with E-state index in [4.69, 9.17) is 5.14 Å². The second kappa shape index (κ2) is 8.70. The molecule has 160 valence electrons. The number of fused-ring (bicyclic) bond motifs is 1. The van der Waals surface area contributed by atoms with Gasteiger partial charge in [0.05, 0.1) is 22.0 Å². The van der Waals surface area contributed by atoms with Gasteiger partial charge in [-0.15, -0.1) is 0 Å². The smallest absolute Gasteiger partial charge is 0.291 e. The molecule has 1 amide bonds. The molecule has 1 aromatic heterocycles. The lowest BCUT2D eigenvalue weighted by Gasteiger charge is -2.26. The number of alkyl halides is 2. The zero-order chi connectivity index (χ0) is 22.1. The minimum atomic E-state index is -3.88. The van der Waals surface area contributed by atoms with Crippen LogP contribution in [0, 0.1) is 0 Å². The summed E-state index contributed by atoms with van der Waals surface area (Å²) in [5.41, 5.74) is 1.67. The van der Waals surface area contributed by atoms with Crippen molar-refractivity contribution in [2.45, 2.75) is 35.3 Å². The second-order valence-corrected chi connectivity index (χ2v) is 9.16. The van der Waals surface area contributed by atoms with Crippen LogP contribution in [0.5, 0.6) is 0 Å². The summed E-state index contributed by atoms with van der Waals surface area (Å²) in [6.45, 7) is 1.55. The van der Waals surface area contributed by atoms with Crippen LogP contribution in [0.4, 0.5) is 8.78 Å². The van der Waals surface area contributed by atoms with Gasteiger partial charge in [-0.1, -0.05) is 24.3 Å². The number of imidazole rings is 1. The van der Waals surface area contributed by atoms with Crippen molar-refractivity contribution < 1.29 is 22.0 Å². The molecule has 0 aliphatic heterocycles. The van der Waals surface area contributed by atoms with E-state index in [1.54, 1.807) is 50.4 Å². The molecule has 0 radical (unpaired) electrons. The third-order valence-electron chi connectivity index (χ3n) is 4.75. The van der Waals surface area contributed by atoms with Gasteiger partial charge in [0.1, 0.15) is 6.54 Å². The molecule has 30 heavy (non-hydrogen) atoms. The fraction of sp³-hybridized carbons (Fsp3) is 0.263. The molecule has 2 aromatic carbocycles. The summed E-state index contributed by atoms with van der Waals surface area (Å²) < 4.78 is 50.6. The Morgan fingerprint density at radius 3 is 2.60 bits per heavy atom. The molecular formula is C19H20F2N4O3S2. The van der Waals surface area contributed by atoms with Crippen molar-refractivity contribution in [3.05, 3.63) is 54.1 Å². The Hall–Kier alpha value is -2.50. The van der Waals surface area contributed by atoms with Crippen LogP contribution in [-0.2, 0) is 21.4 Å². The van der Waals surface area contributed by atoms with Crippen molar-refractivity contribution in [1.82, 2.24) is 14.5 Å². The van der Waals surface area contributed by atoms with Crippen molar-refractivity contribution >= 4 is 38.7 Å². The average Bonchev–Trinajstić information content (AvgIpc) is 3.02. The Labute approximate surface area is 176 Å². The number of nitrogens with zero attached hydrogens (tertiary/aromatic N) is 3. The maximum atomic E-state index is 13.0. The first-order valence-corrected chi connectivity index (χ1v) is 11.3. The standard InChI is InChI=1S/C19H20F2N4O3S2/c1-12(13-6-5-7-14(10-13)30(22,27)28)24(2)17(26)11-25-16-9-4-3-8-15(16)23-19(25)29-18(20)21/h3-10,12,18H,11H2,1-2H3,(H2,22,27,28). The number of benzene rings is 2. The highest BCUT2D eigenvalue weighted by Gasteiger charge is 2.23. The summed E-state index contributed by atoms with van der Waals surface area (Å²) in [6, 6.07) is 12.4. The molecule has 0 saturated heterocycles. The van der Waals surface area contributed by atoms with E-state index in [9.17, 15) is 22.0 Å². The number of nitrogens with two attached hydrogens (primary N) is 1. The number of halogens is 2. The molecule has 0 aliphatic rings. The van der Waals surface area contributed by atoms with Crippen LogP contribution in [0.25, 0.3) is 11.0 Å². The van der Waals surface area contributed by atoms with Crippen molar-refractivity contribution in [2.75, 3.05) is 7.05 Å². The zero-order valence-corrected chi connectivity index (χ0v) is 17.8. The normalized spacial score (nSPS) is 13.0. The number of amides is 1. The molecule has 7 nitrogen and oxygen atoms in total. The predicted octanol–water partition coefficient (Wildman–Crippen LogP) is 3.22. The molecule has 11 heteroatoms. The minimum absolute atomic E-state index is 0.0519. The van der Waals surface area contributed by atoms with Gasteiger partial charge in [-0.25, -0.2) is 18.5 Å². The zero-order valence-electron chi connectivity index (χ0n) is 16.2. The van der Waals surface area contributed by atoms with Gasteiger partial charge in [0.15, 0.2) is 5.16 Å². The molecule has 0 fully saturated rings. The Kier molecular flexibility index (Phi) is 6.44. The molecule has 0 aliphatic carbocycles. The van der Waals surface area contributed by atoms with Crippen molar-refractivity contribution in [2.24, 2.45) is 5.14 Å². The first-order chi connectivity index (χ1) is 14.1. The number of hydrogen-bond donors (Lipinski definition) is 1. The molecule has 0 spiro atoms. The first kappa shape index (κ1) is 22.2. The molecule has 1 atom stereocenters. The van der Waals surface area contributed by atoms with Crippen LogP contribution in [0.2, 0.25) is 0 Å². The first-order valence-electron chi connectivity index (χ1n) is 8.86. The Morgan fingerprint density at radius 2 is 1.93 bits per heavy atom. The summed E-state index contributed by atoms with van der Waals surface area (Å²) in [5.74, 6) is -3.02. The largest absolute Gasteiger partial charge is 0.337 e. The number of thioether (sulfide) groups is 1. The number of carbonyl (C=O) groups is 1. The Balaban J connectivity index is 1.87. The number of likely N-dealkylation sites (N-methyl/N-ethyl adjacent to an activating group) is 1. The molecule has 3 rings (SSSR count). The summed E-state index contributed by atoms with van der Waals surface area (Å²) in [5, 5.41) is 5.23. The number of sulfonamides is 1. The quantitative estimate of drug-likeness (QED) is 0.553. The van der Waals surface area contributed by atoms with Crippen LogP contribution < -0.4 is 5.14 Å². The Morgan fingerprint density at radius 1 is 1.23 bits per heavy atom. The average molecular weight is 455 g/mol. The number of aromatic nitrogens is 2. The lowest BCUT2D eigenvalue weighted by molar-refractivity contribution is -0.132. The molecule has 1 unspecified atom stereocenters. The van der Waals surface area contributed by atoms with Crippen molar-refractivity contribution in [1.29, 1.82) is 0 Å². The predicted molar refractivity (Wildman–Crippen MR) is 111 cm³/mol. The molecule has 0 bridgehead atoms. The lowest BCUT2D eigenvalue weighted by atomic mass is 10.1. The molecule has 1 heterocycles. The van der Waals surface area contributed by atoms with Gasteiger partial charge >= 0.3 is 0 Å². The maximum absolute atomic E-state index is 13.0. The van der Waals surface area contributed by atoms with Crippen molar-refractivity contribution in [3.8, 4) is 0 Å². The number of primary sulfonamides is 1. The Bertz CT molecular complexity index is 1180. The van der Waals surface area contributed by atoms with Gasteiger partial charge < -0.3 is 9.47 Å². The van der Waals surface area contributed by atoms with Gasteiger partial charge in [-0.05, 0) is 48.5 Å². The van der Waals surface area contributed by atoms with Crippen LogP contribution in [0.3, 0.4) is 0 Å². The van der Waals surface area contributed by atoms with E-state index in [1.807, 2.05) is 0 Å². The number of carbonyl (C=O) groups excluding carboxylic acids is 1. The van der Waals surface area contributed by atoms with Crippen molar-refractivity contribution in [3.63, 3.8) is 0 Å². The van der Waals surface area contributed by atoms with Crippen LogP contribution in [0.15, 0.2) is 58.6 Å². The third-order valence-corrected chi connectivity index (χ3v) is 6.36. The van der Waals surface area contributed by atoms with Crippen LogP contribution in [-0.4, -0.2) is 41.6 Å². The third kappa shape index (κ3) is 4.79. The highest BCUT2D eigenvalue weighted by atomic mass is 32.2. The second-order valence-electron chi connectivity index (χ2n) is 6.65. The summed E-state index contributed by atoms with van der Waals surface area (Å²) >= 11 is 0.281. The number of rotatable bonds is 7. The van der Waals surface area contributed by atoms with E-state index in [-0.39, 0.29) is 34.3 Å². The topological polar surface area (TPSA) is 98.3 Å². The highest BCUT2D eigenvalue weighted by molar-refractivity contribution is 7.99. The summed E-state index contributed by atoms with van der Waals surface area (Å²) in [6.07, 6.45) is 0. The van der Waals surface area contributed by atoms with E-state index in [2.05, 4.69) is 4.98 Å². The highest BCUT2D eigenvalue weighted by Crippen LogP contribution is 2.29. The molecule has 0 saturated carbocycles. The number of hydrogen-bond acceptors (Lipinski definition) is 5. The van der Waals surface area contributed by atoms with Crippen LogP contribution in [0.1, 0.15) is 18.5 Å². The van der Waals surface area contributed by atoms with Gasteiger partial charge in [0, 0.05) is 7.05 Å². The van der Waals surface area contributed by atoms with E-state index in [1.165, 1.54) is 21.6 Å². The van der Waals surface area contributed by atoms with Crippen LogP contribution >= 0.6 is 11.8 Å². The van der Waals surface area contributed by atoms with E-state index < -0.39 is 21.8 Å². The van der Waals surface area contributed by atoms with E-state index in [0.717, 1.165) is 0 Å². The minimum Gasteiger partial charge on any atom is -0.337 e. The maximum Gasteiger partial charge on any atom is 0.291 e. The molecular weight excluding hydrogens is 434 g/mol. The van der Waals surface area contributed by atoms with Gasteiger partial charge in [-0.2, -0.15) is 8.78 Å². The summed E-state index contributed by atoms with van der Waals surface area (Å²) in [7, 11) is -2.31. The molecule has 2 N–H and O–H groups in total. The van der Waals surface area contributed by atoms with E-state index >= 15 is 0 Å². The van der Waals surface area contributed by atoms with Gasteiger partial charge in [0.2, 0.25) is 15.9 Å². The summed E-state index contributed by atoms with van der Waals surface area (Å²) in [4.78, 5) is 18.5. The van der Waals surface area contributed by atoms with Gasteiger partial charge in [0.25, 0.3) is 5.76 Å². The van der Waals surface area contributed by atoms with E-state index in [0.29, 0.717) is 16.6 Å². The monoisotopic (exact) mass is 454 g/mol. The fourth-order valence-electron chi connectivity index (χ4n) is 3.01. The lowest BCUT2D eigenvalue weighted by Crippen LogP contribution is -2.33. The fourth-order valence-corrected chi connectivity index (χ4v) is 4.18.